The van der Waals surface area contributed by atoms with Crippen LogP contribution in [0.2, 0.25) is 0 Å². The summed E-state index contributed by atoms with van der Waals surface area (Å²) in [6.07, 6.45) is 0.791. The molecular weight excluding hydrogens is 374 g/mol. The van der Waals surface area contributed by atoms with Crippen LogP contribution in [-0.4, -0.2) is 19.6 Å². The van der Waals surface area contributed by atoms with E-state index in [4.69, 9.17) is 9.47 Å². The number of carbonyl (C=O) groups is 1. The van der Waals surface area contributed by atoms with Crippen LogP contribution < -0.4 is 14.8 Å². The number of methoxy groups -OCH3 is 1. The van der Waals surface area contributed by atoms with Crippen molar-refractivity contribution in [1.29, 1.82) is 0 Å². The smallest absolute Gasteiger partial charge is 0.251 e. The molecule has 0 aliphatic carbocycles. The fourth-order valence-electron chi connectivity index (χ4n) is 3.16. The Morgan fingerprint density at radius 3 is 2.30 bits per heavy atom. The van der Waals surface area contributed by atoms with Crippen LogP contribution in [0.25, 0.3) is 0 Å². The van der Waals surface area contributed by atoms with Crippen molar-refractivity contribution in [2.75, 3.05) is 13.7 Å². The first-order chi connectivity index (χ1) is 14.6. The van der Waals surface area contributed by atoms with Crippen molar-refractivity contribution in [3.05, 3.63) is 95.1 Å². The summed E-state index contributed by atoms with van der Waals surface area (Å²) < 4.78 is 11.3. The molecular formula is C26H29NO3. The molecule has 0 heterocycles. The zero-order valence-electron chi connectivity index (χ0n) is 17.9. The lowest BCUT2D eigenvalue weighted by molar-refractivity contribution is 0.0953. The molecule has 156 valence electrons. The molecule has 4 heteroatoms. The number of hydrogen-bond donors (Lipinski definition) is 1. The molecule has 3 aromatic rings. The average Bonchev–Trinajstić information content (AvgIpc) is 2.78. The predicted molar refractivity (Wildman–Crippen MR) is 120 cm³/mol. The lowest BCUT2D eigenvalue weighted by atomic mass is 10.0. The van der Waals surface area contributed by atoms with Crippen LogP contribution in [0.3, 0.4) is 0 Å². The minimum Gasteiger partial charge on any atom is -0.493 e. The summed E-state index contributed by atoms with van der Waals surface area (Å²) in [6, 6.07) is 23.7. The molecule has 1 amide bonds. The fourth-order valence-corrected chi connectivity index (χ4v) is 3.16. The summed E-state index contributed by atoms with van der Waals surface area (Å²) >= 11 is 0. The van der Waals surface area contributed by atoms with Crippen LogP contribution in [-0.2, 0) is 13.0 Å². The van der Waals surface area contributed by atoms with Gasteiger partial charge in [0.25, 0.3) is 5.91 Å². The van der Waals surface area contributed by atoms with E-state index >= 15 is 0 Å². The second-order valence-corrected chi connectivity index (χ2v) is 7.54. The number of carbonyl (C=O) groups excluding carboxylic acids is 1. The third-order valence-corrected chi connectivity index (χ3v) is 5.01. The van der Waals surface area contributed by atoms with Crippen molar-refractivity contribution in [2.45, 2.75) is 32.8 Å². The van der Waals surface area contributed by atoms with Crippen LogP contribution in [0.15, 0.2) is 72.8 Å². The molecule has 0 atom stereocenters. The number of ether oxygens (including phenoxy) is 2. The Labute approximate surface area is 178 Å². The first-order valence-electron chi connectivity index (χ1n) is 10.3. The second kappa shape index (κ2) is 10.5. The van der Waals surface area contributed by atoms with Gasteiger partial charge in [-0.1, -0.05) is 68.4 Å². The van der Waals surface area contributed by atoms with E-state index in [1.165, 1.54) is 11.1 Å². The van der Waals surface area contributed by atoms with Gasteiger partial charge in [-0.25, -0.2) is 0 Å². The largest absolute Gasteiger partial charge is 0.493 e. The predicted octanol–water partition coefficient (Wildman–Crippen LogP) is 5.37. The summed E-state index contributed by atoms with van der Waals surface area (Å²) in [4.78, 5) is 12.5. The van der Waals surface area contributed by atoms with E-state index < -0.39 is 0 Å². The van der Waals surface area contributed by atoms with E-state index in [0.29, 0.717) is 36.1 Å². The van der Waals surface area contributed by atoms with Crippen LogP contribution >= 0.6 is 0 Å². The minimum atomic E-state index is -0.123. The third-order valence-electron chi connectivity index (χ3n) is 5.01. The Morgan fingerprint density at radius 2 is 1.63 bits per heavy atom. The zero-order chi connectivity index (χ0) is 21.3. The third kappa shape index (κ3) is 5.86. The first kappa shape index (κ1) is 21.4. The molecule has 4 nitrogen and oxygen atoms in total. The Bertz CT molecular complexity index is 950. The van der Waals surface area contributed by atoms with E-state index in [2.05, 4.69) is 43.4 Å². The van der Waals surface area contributed by atoms with Crippen molar-refractivity contribution in [3.8, 4) is 11.5 Å². The van der Waals surface area contributed by atoms with Gasteiger partial charge in [0.15, 0.2) is 11.5 Å². The minimum absolute atomic E-state index is 0.123. The molecule has 0 aliphatic rings. The van der Waals surface area contributed by atoms with Gasteiger partial charge >= 0.3 is 0 Å². The Morgan fingerprint density at radius 1 is 0.900 bits per heavy atom. The van der Waals surface area contributed by atoms with Crippen LogP contribution in [0.4, 0.5) is 0 Å². The SMILES string of the molecule is COc1cc(C(=O)NCCc2ccc(C(C)C)cc2)ccc1OCc1ccccc1. The first-order valence-corrected chi connectivity index (χ1v) is 10.3. The van der Waals surface area contributed by atoms with Crippen molar-refractivity contribution < 1.29 is 14.3 Å². The Kier molecular flexibility index (Phi) is 7.50. The van der Waals surface area contributed by atoms with Gasteiger partial charge < -0.3 is 14.8 Å². The highest BCUT2D eigenvalue weighted by Crippen LogP contribution is 2.29. The summed E-state index contributed by atoms with van der Waals surface area (Å²) in [5, 5.41) is 2.98. The number of hydrogen-bond acceptors (Lipinski definition) is 3. The van der Waals surface area contributed by atoms with Gasteiger partial charge in [-0.2, -0.15) is 0 Å². The van der Waals surface area contributed by atoms with Gasteiger partial charge in [-0.05, 0) is 47.2 Å². The Hall–Kier alpha value is -3.27. The maximum Gasteiger partial charge on any atom is 0.251 e. The number of benzene rings is 3. The topological polar surface area (TPSA) is 47.6 Å². The molecule has 0 fully saturated rings. The van der Waals surface area contributed by atoms with Gasteiger partial charge in [0, 0.05) is 12.1 Å². The summed E-state index contributed by atoms with van der Waals surface area (Å²) in [5.41, 5.74) is 4.16. The monoisotopic (exact) mass is 403 g/mol. The highest BCUT2D eigenvalue weighted by molar-refractivity contribution is 5.94. The molecule has 0 unspecified atom stereocenters. The van der Waals surface area contributed by atoms with E-state index in [0.717, 1.165) is 12.0 Å². The second-order valence-electron chi connectivity index (χ2n) is 7.54. The highest BCUT2D eigenvalue weighted by atomic mass is 16.5. The normalized spacial score (nSPS) is 10.7. The van der Waals surface area contributed by atoms with E-state index in [1.54, 1.807) is 25.3 Å². The number of amides is 1. The molecule has 0 radical (unpaired) electrons. The average molecular weight is 404 g/mol. The molecule has 0 bridgehead atoms. The van der Waals surface area contributed by atoms with E-state index in [9.17, 15) is 4.79 Å². The standard InChI is InChI=1S/C26H29NO3/c1-19(2)22-11-9-20(10-12-22)15-16-27-26(28)23-13-14-24(25(17-23)29-3)30-18-21-7-5-4-6-8-21/h4-14,17,19H,15-16,18H2,1-3H3,(H,27,28). The quantitative estimate of drug-likeness (QED) is 0.522. The Balaban J connectivity index is 1.55. The maximum absolute atomic E-state index is 12.5. The van der Waals surface area contributed by atoms with Gasteiger partial charge in [-0.15, -0.1) is 0 Å². The van der Waals surface area contributed by atoms with E-state index in [1.807, 2.05) is 30.3 Å². The fraction of sp³-hybridized carbons (Fsp3) is 0.269. The molecule has 0 aliphatic heterocycles. The molecule has 30 heavy (non-hydrogen) atoms. The van der Waals surface area contributed by atoms with Crippen molar-refractivity contribution in [2.24, 2.45) is 0 Å². The zero-order valence-corrected chi connectivity index (χ0v) is 17.9. The van der Waals surface area contributed by atoms with E-state index in [-0.39, 0.29) is 5.91 Å². The summed E-state index contributed by atoms with van der Waals surface area (Å²) in [7, 11) is 1.58. The van der Waals surface area contributed by atoms with Crippen molar-refractivity contribution in [3.63, 3.8) is 0 Å². The van der Waals surface area contributed by atoms with Gasteiger partial charge in [0.05, 0.1) is 7.11 Å². The summed E-state index contributed by atoms with van der Waals surface area (Å²) in [5.74, 6) is 1.56. The van der Waals surface area contributed by atoms with Crippen molar-refractivity contribution in [1.82, 2.24) is 5.32 Å². The van der Waals surface area contributed by atoms with Crippen LogP contribution in [0.5, 0.6) is 11.5 Å². The molecule has 0 aromatic heterocycles. The molecule has 3 rings (SSSR count). The maximum atomic E-state index is 12.5. The summed E-state index contributed by atoms with van der Waals surface area (Å²) in [6.45, 7) is 5.38. The lowest BCUT2D eigenvalue weighted by Gasteiger charge is -2.13. The number of rotatable bonds is 9. The molecule has 0 saturated carbocycles. The van der Waals surface area contributed by atoms with Gasteiger partial charge in [-0.3, -0.25) is 4.79 Å². The highest BCUT2D eigenvalue weighted by Gasteiger charge is 2.11. The van der Waals surface area contributed by atoms with Crippen molar-refractivity contribution >= 4 is 5.91 Å². The molecule has 3 aromatic carbocycles. The number of nitrogens with one attached hydrogen (secondary N) is 1. The van der Waals surface area contributed by atoms with Gasteiger partial charge in [0.1, 0.15) is 6.61 Å². The molecule has 0 spiro atoms. The van der Waals surface area contributed by atoms with Crippen LogP contribution in [0.1, 0.15) is 46.8 Å². The van der Waals surface area contributed by atoms with Crippen LogP contribution in [0, 0.1) is 0 Å². The molecule has 1 N–H and O–H groups in total. The molecule has 0 saturated heterocycles. The van der Waals surface area contributed by atoms with Gasteiger partial charge in [0.2, 0.25) is 0 Å². The lowest BCUT2D eigenvalue weighted by Crippen LogP contribution is -2.25.